The van der Waals surface area contributed by atoms with Gasteiger partial charge in [-0.1, -0.05) is 67.8 Å². The van der Waals surface area contributed by atoms with E-state index in [4.69, 9.17) is 74.1 Å². The second kappa shape index (κ2) is 26.7. The van der Waals surface area contributed by atoms with Crippen LogP contribution in [0.2, 0.25) is 0 Å². The van der Waals surface area contributed by atoms with E-state index in [1.807, 2.05) is 100 Å². The van der Waals surface area contributed by atoms with Gasteiger partial charge in [0.25, 0.3) is 0 Å². The van der Waals surface area contributed by atoms with Crippen LogP contribution < -0.4 is 19.0 Å². The Balaban J connectivity index is 1.31. The smallest absolute Gasteiger partial charge is 0.362 e. The first kappa shape index (κ1) is 56.4. The van der Waals surface area contributed by atoms with Crippen molar-refractivity contribution < 1.29 is 37.8 Å². The molecule has 0 aliphatic carbocycles. The van der Waals surface area contributed by atoms with Gasteiger partial charge in [-0.05, 0) is 146 Å². The Morgan fingerprint density at radius 2 is 1.12 bits per heavy atom. The molecule has 17 nitrogen and oxygen atoms in total. The molecule has 0 aliphatic rings. The van der Waals surface area contributed by atoms with Gasteiger partial charge in [0.05, 0.1) is 39.2 Å². The standard InChI is InChI=1S/C44H61N9O8P4S3/c1-11-29-44(5,64(68)53(8)48-32-36-17-25-41(26-18-36)61-50-49-45)60-40-23-15-35(16-24-40)31-47-52(7)63(67)43(4,12-2)59-39-21-13-34(14-22-39)30-46-51(6)62(66)33(3)58-38-27-19-37(20-28-38)42(54)65(55,56-9)57-10/h13-28,30-33,42,54,62-64H,11-12,29H2,1-10H3/b46-30+,47-31+,48-32+. The molecular weight excluding hydrogens is 1000 g/mol. The van der Waals surface area contributed by atoms with Crippen molar-refractivity contribution in [2.45, 2.75) is 76.3 Å². The van der Waals surface area contributed by atoms with Gasteiger partial charge < -0.3 is 33.2 Å². The fourth-order valence-corrected chi connectivity index (χ4v) is 12.8. The third-order valence-corrected chi connectivity index (χ3v) is 24.0. The van der Waals surface area contributed by atoms with Crippen LogP contribution in [-0.4, -0.2) is 90.0 Å². The number of hydrazone groups is 3. The van der Waals surface area contributed by atoms with Gasteiger partial charge in [0.2, 0.25) is 0 Å². The maximum absolute atomic E-state index is 12.6. The van der Waals surface area contributed by atoms with Crippen LogP contribution in [0.1, 0.15) is 82.0 Å². The Kier molecular flexibility index (Phi) is 22.2. The summed E-state index contributed by atoms with van der Waals surface area (Å²) in [5.74, 6) is 0.596. The molecule has 7 atom stereocenters. The number of hydrogen-bond donors (Lipinski definition) is 1. The van der Waals surface area contributed by atoms with Crippen LogP contribution >= 0.6 is 28.1 Å². The maximum atomic E-state index is 12.6. The minimum atomic E-state index is -3.70. The first-order valence-electron chi connectivity index (χ1n) is 21.4. The largest absolute Gasteiger partial charge is 0.484 e. The zero-order valence-corrected chi connectivity index (χ0v) is 46.1. The Labute approximate surface area is 417 Å². The van der Waals surface area contributed by atoms with E-state index in [9.17, 15) is 9.67 Å². The number of nitrogens with zero attached hydrogens (tertiary/aromatic N) is 9. The van der Waals surface area contributed by atoms with E-state index >= 15 is 0 Å². The van der Waals surface area contributed by atoms with E-state index < -0.39 is 44.7 Å². The lowest BCUT2D eigenvalue weighted by atomic mass is 10.2. The fraction of sp³-hybridized carbons (Fsp3) is 0.386. The van der Waals surface area contributed by atoms with E-state index in [1.54, 1.807) is 72.0 Å². The van der Waals surface area contributed by atoms with Crippen LogP contribution in [-0.2, 0) is 49.0 Å². The number of azide groups is 1. The molecule has 0 saturated carbocycles. The average molecular weight is 1060 g/mol. The summed E-state index contributed by atoms with van der Waals surface area (Å²) < 4.78 is 47.0. The molecule has 7 unspecified atom stereocenters. The third-order valence-electron chi connectivity index (χ3n) is 10.5. The predicted octanol–water partition coefficient (Wildman–Crippen LogP) is 11.6. The lowest BCUT2D eigenvalue weighted by Gasteiger charge is -2.35. The zero-order valence-electron chi connectivity index (χ0n) is 39.7. The molecule has 4 aromatic rings. The van der Waals surface area contributed by atoms with E-state index in [2.05, 4.69) is 34.2 Å². The van der Waals surface area contributed by atoms with Gasteiger partial charge in [0.15, 0.2) is 5.85 Å². The molecule has 0 aromatic heterocycles. The normalized spacial score (nSPS) is 15.9. The van der Waals surface area contributed by atoms with Crippen LogP contribution in [0, 0.1) is 0 Å². The van der Waals surface area contributed by atoms with Crippen LogP contribution in [0.25, 0.3) is 10.4 Å². The topological polar surface area (TPSA) is 188 Å². The molecule has 0 spiro atoms. The number of aliphatic hydroxyl groups excluding tert-OH is 1. The number of benzene rings is 4. The molecule has 68 heavy (non-hydrogen) atoms. The molecule has 4 aromatic carbocycles. The highest BCUT2D eigenvalue weighted by atomic mass is 32.4. The Morgan fingerprint density at radius 1 is 0.706 bits per heavy atom. The van der Waals surface area contributed by atoms with Crippen molar-refractivity contribution in [2.24, 2.45) is 20.6 Å². The molecule has 0 aliphatic heterocycles. The van der Waals surface area contributed by atoms with Crippen molar-refractivity contribution in [3.05, 3.63) is 130 Å². The monoisotopic (exact) mass is 1060 g/mol. The Morgan fingerprint density at radius 3 is 1.54 bits per heavy atom. The molecular formula is C44H61N9O8P4S3. The van der Waals surface area contributed by atoms with Gasteiger partial charge in [-0.2, -0.15) is 15.3 Å². The second-order valence-electron chi connectivity index (χ2n) is 15.6. The number of hydrogen-bond acceptors (Lipinski definition) is 15. The SMILES string of the molecule is CCCC(C)(Oc1ccc(/C=N/N(C)[PH](=S)C(C)(CC)Oc2ccc(/C=N/N(C)[PH](=S)C(C)Oc3ccc(C(O)P(=O)(OC)OC)cc3)cc2)cc1)[PH](=S)N(C)/N=C/c1ccc(ON=[N+]=[N-])cc1. The van der Waals surface area contributed by atoms with Crippen molar-refractivity contribution in [1.82, 2.24) is 14.3 Å². The van der Waals surface area contributed by atoms with E-state index in [0.717, 1.165) is 29.5 Å². The summed E-state index contributed by atoms with van der Waals surface area (Å²) in [6.45, 7) is 4.97. The first-order valence-corrected chi connectivity index (χ1v) is 30.8. The average Bonchev–Trinajstić information content (AvgIpc) is 3.35. The van der Waals surface area contributed by atoms with Gasteiger partial charge in [0, 0.05) is 40.3 Å². The predicted molar refractivity (Wildman–Crippen MR) is 289 cm³/mol. The third kappa shape index (κ3) is 15.9. The van der Waals surface area contributed by atoms with Crippen LogP contribution in [0.3, 0.4) is 0 Å². The molecule has 4 rings (SSSR count). The van der Waals surface area contributed by atoms with Gasteiger partial charge in [-0.15, -0.1) is 0 Å². The Hall–Kier alpha value is -4.14. The maximum Gasteiger partial charge on any atom is 0.362 e. The van der Waals surface area contributed by atoms with E-state index in [0.29, 0.717) is 35.0 Å². The minimum Gasteiger partial charge on any atom is -0.484 e. The molecule has 0 saturated heterocycles. The molecule has 0 heterocycles. The van der Waals surface area contributed by atoms with Crippen molar-refractivity contribution >= 4 is 82.2 Å². The highest BCUT2D eigenvalue weighted by molar-refractivity contribution is 8.05. The molecule has 368 valence electrons. The number of rotatable bonds is 27. The summed E-state index contributed by atoms with van der Waals surface area (Å²) in [7, 11) is 4.33. The van der Waals surface area contributed by atoms with Crippen molar-refractivity contribution in [3.8, 4) is 23.0 Å². The summed E-state index contributed by atoms with van der Waals surface area (Å²) in [5.41, 5.74) is 11.4. The number of aliphatic hydroxyl groups is 1. The summed E-state index contributed by atoms with van der Waals surface area (Å²) in [6.07, 6.45) is 7.56. The fourth-order valence-electron chi connectivity index (χ4n) is 6.39. The zero-order chi connectivity index (χ0) is 50.1. The quantitative estimate of drug-likeness (QED) is 0.0148. The van der Waals surface area contributed by atoms with Crippen molar-refractivity contribution in [1.29, 1.82) is 0 Å². The van der Waals surface area contributed by atoms with E-state index in [-0.39, 0.29) is 5.85 Å². The Bertz CT molecular complexity index is 2520. The molecule has 0 radical (unpaired) electrons. The lowest BCUT2D eigenvalue weighted by molar-refractivity contribution is 0.164. The van der Waals surface area contributed by atoms with Crippen molar-refractivity contribution in [3.63, 3.8) is 0 Å². The minimum absolute atomic E-state index is 0.329. The van der Waals surface area contributed by atoms with Gasteiger partial charge in [-0.25, -0.2) is 0 Å². The van der Waals surface area contributed by atoms with Crippen molar-refractivity contribution in [2.75, 3.05) is 35.4 Å². The highest BCUT2D eigenvalue weighted by Crippen LogP contribution is 2.58. The summed E-state index contributed by atoms with van der Waals surface area (Å²) >= 11 is 18.0. The summed E-state index contributed by atoms with van der Waals surface area (Å²) in [5, 5.41) is 26.3. The lowest BCUT2D eigenvalue weighted by Crippen LogP contribution is -2.31. The number of ether oxygens (including phenoxy) is 3. The van der Waals surface area contributed by atoms with Crippen LogP contribution in [0.5, 0.6) is 23.0 Å². The second-order valence-corrected chi connectivity index (χ2v) is 28.2. The van der Waals surface area contributed by atoms with Crippen LogP contribution in [0.4, 0.5) is 0 Å². The molecule has 0 fully saturated rings. The highest BCUT2D eigenvalue weighted by Gasteiger charge is 2.35. The summed E-state index contributed by atoms with van der Waals surface area (Å²) in [4.78, 5) is 7.50. The van der Waals surface area contributed by atoms with Gasteiger partial charge >= 0.3 is 7.60 Å². The molecule has 0 amide bonds. The van der Waals surface area contributed by atoms with Gasteiger partial charge in [-0.3, -0.25) is 18.9 Å². The first-order chi connectivity index (χ1) is 32.3. The molecule has 1 N–H and O–H groups in total. The van der Waals surface area contributed by atoms with Gasteiger partial charge in [0.1, 0.15) is 44.8 Å². The van der Waals surface area contributed by atoms with E-state index in [1.165, 1.54) is 14.2 Å². The summed E-state index contributed by atoms with van der Waals surface area (Å²) in [6, 6.07) is 28.9. The molecule has 0 bridgehead atoms. The van der Waals surface area contributed by atoms with Crippen LogP contribution in [0.15, 0.2) is 118 Å². The molecule has 24 heteroatoms.